The number of nitrogens with one attached hydrogen (secondary N) is 1. The zero-order valence-corrected chi connectivity index (χ0v) is 17.8. The molecule has 2 amide bonds. The van der Waals surface area contributed by atoms with Crippen LogP contribution in [0.5, 0.6) is 5.75 Å². The van der Waals surface area contributed by atoms with E-state index in [1.807, 2.05) is 92.7 Å². The highest BCUT2D eigenvalue weighted by atomic mass is 16.5. The summed E-state index contributed by atoms with van der Waals surface area (Å²) in [4.78, 5) is 28.6. The van der Waals surface area contributed by atoms with Gasteiger partial charge in [-0.2, -0.15) is 0 Å². The second-order valence-corrected chi connectivity index (χ2v) is 7.84. The Bertz CT molecular complexity index is 1080. The van der Waals surface area contributed by atoms with Crippen LogP contribution < -0.4 is 15.0 Å². The van der Waals surface area contributed by atoms with Crippen molar-refractivity contribution in [3.05, 3.63) is 95.6 Å². The Morgan fingerprint density at radius 2 is 1.68 bits per heavy atom. The van der Waals surface area contributed by atoms with Crippen LogP contribution in [0.1, 0.15) is 35.3 Å². The first-order chi connectivity index (χ1) is 15.0. The maximum absolute atomic E-state index is 13.5. The SMILES string of the molecule is CCOc1ccc(N2C(=O)c3ccccc3C[C@@]2(C)C(=O)NCc2ccccc2)cc1. The Morgan fingerprint density at radius 3 is 2.39 bits per heavy atom. The average Bonchev–Trinajstić information content (AvgIpc) is 2.79. The molecular weight excluding hydrogens is 388 g/mol. The number of amides is 2. The number of hydrogen-bond donors (Lipinski definition) is 1. The highest BCUT2D eigenvalue weighted by molar-refractivity contribution is 6.14. The second-order valence-electron chi connectivity index (χ2n) is 7.84. The summed E-state index contributed by atoms with van der Waals surface area (Å²) in [5.41, 5.74) is 2.12. The van der Waals surface area contributed by atoms with Crippen LogP contribution in [0.4, 0.5) is 5.69 Å². The van der Waals surface area contributed by atoms with Crippen molar-refractivity contribution in [3.8, 4) is 5.75 Å². The van der Waals surface area contributed by atoms with E-state index in [2.05, 4.69) is 5.32 Å². The number of ether oxygens (including phenoxy) is 1. The van der Waals surface area contributed by atoms with E-state index in [-0.39, 0.29) is 11.8 Å². The molecule has 1 aliphatic rings. The fourth-order valence-corrected chi connectivity index (χ4v) is 4.09. The summed E-state index contributed by atoms with van der Waals surface area (Å²) in [6.07, 6.45) is 0.433. The Labute approximate surface area is 182 Å². The summed E-state index contributed by atoms with van der Waals surface area (Å²) in [5, 5.41) is 3.03. The molecule has 0 aliphatic carbocycles. The van der Waals surface area contributed by atoms with Crippen LogP contribution in [-0.2, 0) is 17.8 Å². The molecule has 0 saturated heterocycles. The Hall–Kier alpha value is -3.60. The van der Waals surface area contributed by atoms with Gasteiger partial charge in [-0.15, -0.1) is 0 Å². The molecule has 0 bridgehead atoms. The molecule has 1 heterocycles. The smallest absolute Gasteiger partial charge is 0.259 e. The predicted octanol–water partition coefficient (Wildman–Crippen LogP) is 4.36. The summed E-state index contributed by atoms with van der Waals surface area (Å²) < 4.78 is 5.54. The number of anilines is 1. The van der Waals surface area contributed by atoms with Crippen molar-refractivity contribution in [2.45, 2.75) is 32.4 Å². The van der Waals surface area contributed by atoms with Gasteiger partial charge in [0.1, 0.15) is 11.3 Å². The molecule has 4 rings (SSSR count). The van der Waals surface area contributed by atoms with Crippen molar-refractivity contribution in [2.75, 3.05) is 11.5 Å². The summed E-state index contributed by atoms with van der Waals surface area (Å²) >= 11 is 0. The number of rotatable bonds is 6. The first-order valence-corrected chi connectivity index (χ1v) is 10.5. The van der Waals surface area contributed by atoms with Gasteiger partial charge in [0, 0.05) is 24.2 Å². The zero-order chi connectivity index (χ0) is 21.8. The van der Waals surface area contributed by atoms with E-state index in [0.29, 0.717) is 30.8 Å². The molecule has 0 aromatic heterocycles. The third-order valence-electron chi connectivity index (χ3n) is 5.67. The third-order valence-corrected chi connectivity index (χ3v) is 5.67. The largest absolute Gasteiger partial charge is 0.494 e. The summed E-state index contributed by atoms with van der Waals surface area (Å²) in [6.45, 7) is 4.72. The van der Waals surface area contributed by atoms with E-state index < -0.39 is 5.54 Å². The van der Waals surface area contributed by atoms with Crippen LogP contribution in [-0.4, -0.2) is 24.0 Å². The Morgan fingerprint density at radius 1 is 1.00 bits per heavy atom. The normalized spacial score (nSPS) is 17.7. The average molecular weight is 415 g/mol. The first kappa shape index (κ1) is 20.7. The fourth-order valence-electron chi connectivity index (χ4n) is 4.09. The monoisotopic (exact) mass is 414 g/mol. The minimum Gasteiger partial charge on any atom is -0.494 e. The van der Waals surface area contributed by atoms with Crippen molar-refractivity contribution in [2.24, 2.45) is 0 Å². The van der Waals surface area contributed by atoms with Crippen molar-refractivity contribution < 1.29 is 14.3 Å². The first-order valence-electron chi connectivity index (χ1n) is 10.5. The van der Waals surface area contributed by atoms with Crippen LogP contribution >= 0.6 is 0 Å². The van der Waals surface area contributed by atoms with Gasteiger partial charge in [0.15, 0.2) is 0 Å². The summed E-state index contributed by atoms with van der Waals surface area (Å²) in [5.74, 6) is 0.364. The number of hydrogen-bond acceptors (Lipinski definition) is 3. The lowest BCUT2D eigenvalue weighted by molar-refractivity contribution is -0.126. The lowest BCUT2D eigenvalue weighted by atomic mass is 9.82. The predicted molar refractivity (Wildman–Crippen MR) is 121 cm³/mol. The maximum Gasteiger partial charge on any atom is 0.259 e. The molecule has 5 heteroatoms. The van der Waals surface area contributed by atoms with Crippen molar-refractivity contribution >= 4 is 17.5 Å². The molecule has 1 atom stereocenters. The molecular formula is C26H26N2O3. The molecule has 3 aromatic rings. The molecule has 31 heavy (non-hydrogen) atoms. The molecule has 0 spiro atoms. The minimum atomic E-state index is -1.06. The van der Waals surface area contributed by atoms with E-state index >= 15 is 0 Å². The van der Waals surface area contributed by atoms with Gasteiger partial charge >= 0.3 is 0 Å². The van der Waals surface area contributed by atoms with Crippen LogP contribution in [0.3, 0.4) is 0 Å². The molecule has 5 nitrogen and oxygen atoms in total. The van der Waals surface area contributed by atoms with E-state index in [4.69, 9.17) is 4.74 Å². The molecule has 1 N–H and O–H groups in total. The van der Waals surface area contributed by atoms with Crippen LogP contribution in [0, 0.1) is 0 Å². The van der Waals surface area contributed by atoms with Gasteiger partial charge in [-0.05, 0) is 55.3 Å². The Balaban J connectivity index is 1.69. The molecule has 1 aliphatic heterocycles. The molecule has 0 unspecified atom stereocenters. The standard InChI is InChI=1S/C26H26N2O3/c1-3-31-22-15-13-21(14-16-22)28-24(29)23-12-8-7-11-20(23)17-26(28,2)25(30)27-18-19-9-5-4-6-10-19/h4-16H,3,17-18H2,1-2H3,(H,27,30)/t26-/m0/s1. The molecule has 158 valence electrons. The molecule has 0 radical (unpaired) electrons. The Kier molecular flexibility index (Phi) is 5.76. The topological polar surface area (TPSA) is 58.6 Å². The third kappa shape index (κ3) is 4.04. The quantitative estimate of drug-likeness (QED) is 0.652. The van der Waals surface area contributed by atoms with E-state index in [9.17, 15) is 9.59 Å². The van der Waals surface area contributed by atoms with Gasteiger partial charge in [-0.1, -0.05) is 48.5 Å². The van der Waals surface area contributed by atoms with Gasteiger partial charge in [-0.25, -0.2) is 0 Å². The molecule has 0 fully saturated rings. The highest BCUT2D eigenvalue weighted by Gasteiger charge is 2.47. The van der Waals surface area contributed by atoms with Crippen molar-refractivity contribution in [3.63, 3.8) is 0 Å². The maximum atomic E-state index is 13.5. The van der Waals surface area contributed by atoms with Crippen molar-refractivity contribution in [1.82, 2.24) is 5.32 Å². The second kappa shape index (κ2) is 8.64. The van der Waals surface area contributed by atoms with E-state index in [0.717, 1.165) is 16.9 Å². The van der Waals surface area contributed by atoms with Crippen LogP contribution in [0.25, 0.3) is 0 Å². The molecule has 3 aromatic carbocycles. The zero-order valence-electron chi connectivity index (χ0n) is 17.8. The van der Waals surface area contributed by atoms with Gasteiger partial charge < -0.3 is 10.1 Å². The fraction of sp³-hybridized carbons (Fsp3) is 0.231. The minimum absolute atomic E-state index is 0.177. The summed E-state index contributed by atoms with van der Waals surface area (Å²) in [7, 11) is 0. The van der Waals surface area contributed by atoms with Crippen LogP contribution in [0.15, 0.2) is 78.9 Å². The van der Waals surface area contributed by atoms with Gasteiger partial charge in [0.25, 0.3) is 5.91 Å². The number of carbonyl (C=O) groups excluding carboxylic acids is 2. The van der Waals surface area contributed by atoms with Gasteiger partial charge in [0.05, 0.1) is 6.61 Å². The summed E-state index contributed by atoms with van der Waals surface area (Å²) in [6, 6.07) is 24.6. The number of benzene rings is 3. The van der Waals surface area contributed by atoms with Crippen LogP contribution in [0.2, 0.25) is 0 Å². The number of nitrogens with zero attached hydrogens (tertiary/aromatic N) is 1. The van der Waals surface area contributed by atoms with E-state index in [1.54, 1.807) is 4.90 Å². The van der Waals surface area contributed by atoms with Gasteiger partial charge in [-0.3, -0.25) is 14.5 Å². The number of carbonyl (C=O) groups is 2. The lowest BCUT2D eigenvalue weighted by Crippen LogP contribution is -2.63. The highest BCUT2D eigenvalue weighted by Crippen LogP contribution is 2.36. The van der Waals surface area contributed by atoms with Gasteiger partial charge in [0.2, 0.25) is 5.91 Å². The lowest BCUT2D eigenvalue weighted by Gasteiger charge is -2.44. The van der Waals surface area contributed by atoms with Crippen molar-refractivity contribution in [1.29, 1.82) is 0 Å². The number of fused-ring (bicyclic) bond motifs is 1. The molecule has 0 saturated carbocycles. The van der Waals surface area contributed by atoms with E-state index in [1.165, 1.54) is 0 Å².